The Labute approximate surface area is 139 Å². The molecule has 1 aromatic heterocycles. The molecule has 0 spiro atoms. The van der Waals surface area contributed by atoms with E-state index in [-0.39, 0.29) is 4.90 Å². The van der Waals surface area contributed by atoms with E-state index >= 15 is 0 Å². The molecule has 1 heterocycles. The maximum Gasteiger partial charge on any atom is 0.238 e. The number of nitrogens with two attached hydrogens (primary N) is 1. The second-order valence-electron chi connectivity index (χ2n) is 5.20. The number of hydrogen-bond donors (Lipinski definition) is 1. The number of primary sulfonamides is 1. The van der Waals surface area contributed by atoms with Crippen molar-refractivity contribution in [1.29, 1.82) is 0 Å². The molecule has 0 unspecified atom stereocenters. The van der Waals surface area contributed by atoms with Crippen molar-refractivity contribution in [3.63, 3.8) is 0 Å². The third kappa shape index (κ3) is 3.44. The number of sulfonamides is 1. The van der Waals surface area contributed by atoms with Crippen LogP contribution in [0.5, 0.6) is 5.75 Å². The first-order valence-electron chi connectivity index (χ1n) is 7.10. The van der Waals surface area contributed by atoms with E-state index in [0.717, 1.165) is 11.1 Å². The lowest BCUT2D eigenvalue weighted by Gasteiger charge is -2.11. The minimum absolute atomic E-state index is 0.0623. The van der Waals surface area contributed by atoms with Crippen LogP contribution in [0, 0.1) is 0 Å². The number of ether oxygens (including phenoxy) is 1. The minimum Gasteiger partial charge on any atom is -0.497 e. The summed E-state index contributed by atoms with van der Waals surface area (Å²) in [6, 6.07) is 12.2. The Kier molecular flexibility index (Phi) is 4.32. The molecule has 0 fully saturated rings. The molecule has 0 saturated carbocycles. The number of rotatable bonds is 5. The summed E-state index contributed by atoms with van der Waals surface area (Å²) in [6.07, 6.45) is 3.11. The van der Waals surface area contributed by atoms with Gasteiger partial charge >= 0.3 is 0 Å². The standard InChI is InChI=1S/C16H16N4O3S/c1-23-14-6-7-16(24(17,21)22)15(8-14)13-4-2-12(3-5-13)9-20-11-18-10-19-20/h2-8,10-11H,9H2,1H3,(H2,17,21,22). The van der Waals surface area contributed by atoms with Crippen molar-refractivity contribution in [3.05, 3.63) is 60.7 Å². The Balaban J connectivity index is 1.99. The van der Waals surface area contributed by atoms with E-state index < -0.39 is 10.0 Å². The van der Waals surface area contributed by atoms with Gasteiger partial charge in [0.25, 0.3) is 0 Å². The average Bonchev–Trinajstić information content (AvgIpc) is 3.07. The first kappa shape index (κ1) is 16.2. The van der Waals surface area contributed by atoms with E-state index in [1.165, 1.54) is 19.5 Å². The molecular weight excluding hydrogens is 328 g/mol. The zero-order valence-corrected chi connectivity index (χ0v) is 13.8. The van der Waals surface area contributed by atoms with Crippen LogP contribution < -0.4 is 9.88 Å². The number of benzene rings is 2. The summed E-state index contributed by atoms with van der Waals surface area (Å²) < 4.78 is 30.5. The van der Waals surface area contributed by atoms with Gasteiger partial charge in [-0.15, -0.1) is 0 Å². The highest BCUT2D eigenvalue weighted by molar-refractivity contribution is 7.89. The zero-order valence-electron chi connectivity index (χ0n) is 13.0. The summed E-state index contributed by atoms with van der Waals surface area (Å²) >= 11 is 0. The summed E-state index contributed by atoms with van der Waals surface area (Å²) in [6.45, 7) is 0.584. The fourth-order valence-corrected chi connectivity index (χ4v) is 3.14. The average molecular weight is 344 g/mol. The molecule has 8 heteroatoms. The van der Waals surface area contributed by atoms with Gasteiger partial charge in [0.1, 0.15) is 18.4 Å². The number of aromatic nitrogens is 3. The SMILES string of the molecule is COc1ccc(S(N)(=O)=O)c(-c2ccc(Cn3cncn3)cc2)c1. The summed E-state index contributed by atoms with van der Waals surface area (Å²) in [4.78, 5) is 3.96. The molecule has 0 aliphatic heterocycles. The Morgan fingerprint density at radius 1 is 1.17 bits per heavy atom. The maximum absolute atomic E-state index is 11.8. The Hall–Kier alpha value is -2.71. The number of methoxy groups -OCH3 is 1. The quantitative estimate of drug-likeness (QED) is 0.758. The van der Waals surface area contributed by atoms with Crippen molar-refractivity contribution in [1.82, 2.24) is 14.8 Å². The third-order valence-electron chi connectivity index (χ3n) is 3.57. The predicted molar refractivity (Wildman–Crippen MR) is 88.9 cm³/mol. The largest absolute Gasteiger partial charge is 0.497 e. The normalized spacial score (nSPS) is 11.4. The van der Waals surface area contributed by atoms with Gasteiger partial charge in [-0.05, 0) is 29.3 Å². The molecule has 0 radical (unpaired) electrons. The Morgan fingerprint density at radius 3 is 2.50 bits per heavy atom. The van der Waals surface area contributed by atoms with Gasteiger partial charge in [0.2, 0.25) is 10.0 Å². The van der Waals surface area contributed by atoms with Gasteiger partial charge < -0.3 is 4.74 Å². The van der Waals surface area contributed by atoms with E-state index in [9.17, 15) is 8.42 Å². The molecule has 0 aliphatic rings. The molecule has 3 rings (SSSR count). The van der Waals surface area contributed by atoms with Crippen molar-refractivity contribution in [2.75, 3.05) is 7.11 Å². The predicted octanol–water partition coefficient (Wildman–Crippen LogP) is 1.65. The summed E-state index contributed by atoms with van der Waals surface area (Å²) in [5.74, 6) is 0.559. The molecule has 124 valence electrons. The molecule has 2 N–H and O–H groups in total. The van der Waals surface area contributed by atoms with Crippen LogP contribution in [0.4, 0.5) is 0 Å². The summed E-state index contributed by atoms with van der Waals surface area (Å²) in [7, 11) is -2.31. The number of nitrogens with zero attached hydrogens (tertiary/aromatic N) is 3. The zero-order chi connectivity index (χ0) is 17.2. The van der Waals surface area contributed by atoms with Crippen LogP contribution in [0.2, 0.25) is 0 Å². The monoisotopic (exact) mass is 344 g/mol. The second kappa shape index (κ2) is 6.42. The van der Waals surface area contributed by atoms with Gasteiger partial charge in [-0.25, -0.2) is 23.2 Å². The van der Waals surface area contributed by atoms with Crippen molar-refractivity contribution in [2.45, 2.75) is 11.4 Å². The van der Waals surface area contributed by atoms with Gasteiger partial charge in [-0.1, -0.05) is 24.3 Å². The molecule has 0 amide bonds. The molecule has 7 nitrogen and oxygen atoms in total. The number of hydrogen-bond acceptors (Lipinski definition) is 5. The van der Waals surface area contributed by atoms with Crippen molar-refractivity contribution in [3.8, 4) is 16.9 Å². The highest BCUT2D eigenvalue weighted by atomic mass is 32.2. The van der Waals surface area contributed by atoms with Crippen LogP contribution in [0.1, 0.15) is 5.56 Å². The first-order chi connectivity index (χ1) is 11.5. The highest BCUT2D eigenvalue weighted by Gasteiger charge is 2.16. The smallest absolute Gasteiger partial charge is 0.238 e. The van der Waals surface area contributed by atoms with E-state index in [2.05, 4.69) is 10.1 Å². The van der Waals surface area contributed by atoms with Gasteiger partial charge in [0.15, 0.2) is 0 Å². The lowest BCUT2D eigenvalue weighted by Crippen LogP contribution is -2.13. The van der Waals surface area contributed by atoms with Crippen LogP contribution in [-0.4, -0.2) is 30.3 Å². The third-order valence-corrected chi connectivity index (χ3v) is 4.54. The van der Waals surface area contributed by atoms with E-state index in [1.807, 2.05) is 24.3 Å². The molecule has 24 heavy (non-hydrogen) atoms. The van der Waals surface area contributed by atoms with Crippen molar-refractivity contribution >= 4 is 10.0 Å². The molecule has 3 aromatic rings. The van der Waals surface area contributed by atoms with Gasteiger partial charge in [0, 0.05) is 5.56 Å². The van der Waals surface area contributed by atoms with E-state index in [4.69, 9.17) is 9.88 Å². The lowest BCUT2D eigenvalue weighted by atomic mass is 10.0. The molecule has 2 aromatic carbocycles. The van der Waals surface area contributed by atoms with Gasteiger partial charge in [0.05, 0.1) is 18.6 Å². The van der Waals surface area contributed by atoms with E-state index in [0.29, 0.717) is 17.9 Å². The van der Waals surface area contributed by atoms with Crippen LogP contribution in [0.15, 0.2) is 60.0 Å². The second-order valence-corrected chi connectivity index (χ2v) is 6.73. The van der Waals surface area contributed by atoms with Crippen molar-refractivity contribution < 1.29 is 13.2 Å². The topological polar surface area (TPSA) is 100 Å². The molecule has 0 saturated heterocycles. The minimum atomic E-state index is -3.84. The Bertz CT molecular complexity index is 936. The molecule has 0 atom stereocenters. The highest BCUT2D eigenvalue weighted by Crippen LogP contribution is 2.30. The van der Waals surface area contributed by atoms with E-state index in [1.54, 1.807) is 23.1 Å². The lowest BCUT2D eigenvalue weighted by molar-refractivity contribution is 0.414. The molecule has 0 aliphatic carbocycles. The van der Waals surface area contributed by atoms with Gasteiger partial charge in [-0.3, -0.25) is 0 Å². The van der Waals surface area contributed by atoms with Crippen LogP contribution in [0.25, 0.3) is 11.1 Å². The maximum atomic E-state index is 11.8. The van der Waals surface area contributed by atoms with Crippen LogP contribution in [-0.2, 0) is 16.6 Å². The van der Waals surface area contributed by atoms with Crippen LogP contribution in [0.3, 0.4) is 0 Å². The molecular formula is C16H16N4O3S. The van der Waals surface area contributed by atoms with Gasteiger partial charge in [-0.2, -0.15) is 5.10 Å². The fourth-order valence-electron chi connectivity index (χ4n) is 2.40. The van der Waals surface area contributed by atoms with Crippen LogP contribution >= 0.6 is 0 Å². The summed E-state index contributed by atoms with van der Waals surface area (Å²) in [5.41, 5.74) is 2.26. The van der Waals surface area contributed by atoms with Crippen molar-refractivity contribution in [2.24, 2.45) is 5.14 Å². The Morgan fingerprint density at radius 2 is 1.92 bits per heavy atom. The molecule has 0 bridgehead atoms. The first-order valence-corrected chi connectivity index (χ1v) is 8.64. The summed E-state index contributed by atoms with van der Waals surface area (Å²) in [5, 5.41) is 9.37. The fraction of sp³-hybridized carbons (Fsp3) is 0.125.